The van der Waals surface area contributed by atoms with Gasteiger partial charge < -0.3 is 14.8 Å². The summed E-state index contributed by atoms with van der Waals surface area (Å²) in [6.07, 6.45) is 0.757. The predicted octanol–water partition coefficient (Wildman–Crippen LogP) is 3.57. The van der Waals surface area contributed by atoms with Gasteiger partial charge in [-0.15, -0.1) is 0 Å². The van der Waals surface area contributed by atoms with Crippen LogP contribution in [-0.2, 0) is 9.53 Å². The molecule has 1 N–H and O–H groups in total. The van der Waals surface area contributed by atoms with Crippen LogP contribution in [0.1, 0.15) is 13.3 Å². The van der Waals surface area contributed by atoms with Crippen LogP contribution in [0.5, 0.6) is 5.75 Å². The molecule has 0 aromatic heterocycles. The summed E-state index contributed by atoms with van der Waals surface area (Å²) >= 11 is 17.6. The van der Waals surface area contributed by atoms with Crippen molar-refractivity contribution < 1.29 is 14.3 Å². The lowest BCUT2D eigenvalue weighted by Gasteiger charge is -2.09. The van der Waals surface area contributed by atoms with Gasteiger partial charge in [0.15, 0.2) is 6.61 Å². The fraction of sp³-hybridized carbons (Fsp3) is 0.462. The molecule has 0 radical (unpaired) electrons. The molecule has 0 aliphatic rings. The number of benzene rings is 1. The summed E-state index contributed by atoms with van der Waals surface area (Å²) < 4.78 is 10.5. The van der Waals surface area contributed by atoms with Gasteiger partial charge in [0.2, 0.25) is 0 Å². The summed E-state index contributed by atoms with van der Waals surface area (Å²) in [5.41, 5.74) is 0. The molecule has 4 nitrogen and oxygen atoms in total. The highest BCUT2D eigenvalue weighted by Gasteiger charge is 2.09. The van der Waals surface area contributed by atoms with E-state index in [1.807, 2.05) is 6.92 Å². The number of ether oxygens (including phenoxy) is 2. The smallest absolute Gasteiger partial charge is 0.257 e. The van der Waals surface area contributed by atoms with Crippen LogP contribution in [0.3, 0.4) is 0 Å². The van der Waals surface area contributed by atoms with Crippen LogP contribution in [0.2, 0.25) is 15.1 Å². The van der Waals surface area contributed by atoms with Crippen molar-refractivity contribution in [3.05, 3.63) is 27.2 Å². The minimum absolute atomic E-state index is 0.133. The van der Waals surface area contributed by atoms with Gasteiger partial charge in [-0.1, -0.05) is 34.8 Å². The zero-order valence-electron chi connectivity index (χ0n) is 11.0. The molecule has 0 heterocycles. The maximum Gasteiger partial charge on any atom is 0.257 e. The van der Waals surface area contributed by atoms with Gasteiger partial charge in [-0.3, -0.25) is 4.79 Å². The number of rotatable bonds is 8. The van der Waals surface area contributed by atoms with E-state index in [0.29, 0.717) is 40.6 Å². The summed E-state index contributed by atoms with van der Waals surface area (Å²) in [6.45, 7) is 3.63. The van der Waals surface area contributed by atoms with Crippen molar-refractivity contribution in [3.63, 3.8) is 0 Å². The van der Waals surface area contributed by atoms with Gasteiger partial charge in [-0.25, -0.2) is 0 Å². The number of carbonyl (C=O) groups excluding carboxylic acids is 1. The molecule has 1 aromatic carbocycles. The Balaban J connectivity index is 2.32. The van der Waals surface area contributed by atoms with Gasteiger partial charge in [0.25, 0.3) is 5.91 Å². The second-order valence-electron chi connectivity index (χ2n) is 3.89. The normalized spacial score (nSPS) is 10.4. The Labute approximate surface area is 133 Å². The first-order valence-electron chi connectivity index (χ1n) is 6.16. The van der Waals surface area contributed by atoms with Crippen molar-refractivity contribution in [1.29, 1.82) is 0 Å². The number of nitrogens with one attached hydrogen (secondary N) is 1. The minimum atomic E-state index is -0.233. The fourth-order valence-electron chi connectivity index (χ4n) is 1.36. The Kier molecular flexibility index (Phi) is 8.07. The maximum absolute atomic E-state index is 11.5. The molecule has 0 atom stereocenters. The predicted molar refractivity (Wildman–Crippen MR) is 81.1 cm³/mol. The first-order chi connectivity index (χ1) is 9.54. The largest absolute Gasteiger partial charge is 0.482 e. The minimum Gasteiger partial charge on any atom is -0.482 e. The third kappa shape index (κ3) is 6.18. The highest BCUT2D eigenvalue weighted by Crippen LogP contribution is 2.33. The quantitative estimate of drug-likeness (QED) is 0.581. The first-order valence-corrected chi connectivity index (χ1v) is 7.29. The van der Waals surface area contributed by atoms with E-state index in [9.17, 15) is 4.79 Å². The first kappa shape index (κ1) is 17.4. The Morgan fingerprint density at radius 2 is 1.90 bits per heavy atom. The summed E-state index contributed by atoms with van der Waals surface area (Å²) in [4.78, 5) is 11.5. The van der Waals surface area contributed by atoms with Crippen molar-refractivity contribution in [1.82, 2.24) is 5.32 Å². The van der Waals surface area contributed by atoms with E-state index in [-0.39, 0.29) is 12.5 Å². The molecular weight excluding hydrogens is 325 g/mol. The zero-order valence-corrected chi connectivity index (χ0v) is 13.3. The average Bonchev–Trinajstić information content (AvgIpc) is 2.41. The molecule has 0 aliphatic heterocycles. The number of amides is 1. The van der Waals surface area contributed by atoms with E-state index < -0.39 is 0 Å². The number of halogens is 3. The average molecular weight is 341 g/mol. The molecule has 1 amide bonds. The van der Waals surface area contributed by atoms with Gasteiger partial charge >= 0.3 is 0 Å². The molecule has 7 heteroatoms. The fourth-order valence-corrected chi connectivity index (χ4v) is 1.95. The van der Waals surface area contributed by atoms with Crippen LogP contribution in [0, 0.1) is 0 Å². The van der Waals surface area contributed by atoms with Gasteiger partial charge in [0, 0.05) is 25.8 Å². The van der Waals surface area contributed by atoms with Gasteiger partial charge in [0.05, 0.1) is 15.1 Å². The van der Waals surface area contributed by atoms with E-state index in [0.717, 1.165) is 6.42 Å². The SMILES string of the molecule is CCOCCCNC(=O)COc1cc(Cl)c(Cl)cc1Cl. The highest BCUT2D eigenvalue weighted by molar-refractivity contribution is 6.43. The lowest BCUT2D eigenvalue weighted by atomic mass is 10.3. The van der Waals surface area contributed by atoms with Crippen LogP contribution in [0.4, 0.5) is 0 Å². The Bertz CT molecular complexity index is 455. The Hall–Kier alpha value is -0.680. The number of hydrogen-bond acceptors (Lipinski definition) is 3. The van der Waals surface area contributed by atoms with E-state index >= 15 is 0 Å². The molecular formula is C13H16Cl3NO3. The third-order valence-corrected chi connectivity index (χ3v) is 3.34. The van der Waals surface area contributed by atoms with E-state index in [1.165, 1.54) is 12.1 Å². The van der Waals surface area contributed by atoms with Crippen LogP contribution < -0.4 is 10.1 Å². The van der Waals surface area contributed by atoms with Crippen molar-refractivity contribution in [2.24, 2.45) is 0 Å². The van der Waals surface area contributed by atoms with Crippen LogP contribution in [-0.4, -0.2) is 32.3 Å². The topological polar surface area (TPSA) is 47.6 Å². The van der Waals surface area contributed by atoms with Crippen LogP contribution in [0.15, 0.2) is 12.1 Å². The lowest BCUT2D eigenvalue weighted by Crippen LogP contribution is -2.30. The van der Waals surface area contributed by atoms with Crippen LogP contribution in [0.25, 0.3) is 0 Å². The molecule has 0 saturated carbocycles. The second-order valence-corrected chi connectivity index (χ2v) is 5.11. The zero-order chi connectivity index (χ0) is 15.0. The monoisotopic (exact) mass is 339 g/mol. The van der Waals surface area contributed by atoms with Gasteiger partial charge in [-0.05, 0) is 19.4 Å². The Morgan fingerprint density at radius 3 is 2.60 bits per heavy atom. The summed E-state index contributed by atoms with van der Waals surface area (Å²) in [6, 6.07) is 2.95. The number of carbonyl (C=O) groups is 1. The summed E-state index contributed by atoms with van der Waals surface area (Å²) in [7, 11) is 0. The lowest BCUT2D eigenvalue weighted by molar-refractivity contribution is -0.123. The van der Waals surface area contributed by atoms with Crippen molar-refractivity contribution in [2.45, 2.75) is 13.3 Å². The molecule has 1 rings (SSSR count). The Morgan fingerprint density at radius 1 is 1.20 bits per heavy atom. The molecule has 0 spiro atoms. The molecule has 20 heavy (non-hydrogen) atoms. The second kappa shape index (κ2) is 9.29. The molecule has 0 bridgehead atoms. The molecule has 0 unspecified atom stereocenters. The van der Waals surface area contributed by atoms with E-state index in [4.69, 9.17) is 44.3 Å². The van der Waals surface area contributed by atoms with E-state index in [2.05, 4.69) is 5.32 Å². The molecule has 112 valence electrons. The molecule has 0 saturated heterocycles. The standard InChI is InChI=1S/C13H16Cl3NO3/c1-2-19-5-3-4-17-13(18)8-20-12-7-10(15)9(14)6-11(12)16/h6-7H,2-5,8H2,1H3,(H,17,18). The molecule has 1 aromatic rings. The third-order valence-electron chi connectivity index (χ3n) is 2.33. The molecule has 0 fully saturated rings. The van der Waals surface area contributed by atoms with Gasteiger partial charge in [0.1, 0.15) is 5.75 Å². The van der Waals surface area contributed by atoms with E-state index in [1.54, 1.807) is 0 Å². The van der Waals surface area contributed by atoms with Crippen LogP contribution >= 0.6 is 34.8 Å². The summed E-state index contributed by atoms with van der Waals surface area (Å²) in [5.74, 6) is 0.0918. The highest BCUT2D eigenvalue weighted by atomic mass is 35.5. The van der Waals surface area contributed by atoms with Crippen molar-refractivity contribution in [3.8, 4) is 5.75 Å². The van der Waals surface area contributed by atoms with Crippen molar-refractivity contribution in [2.75, 3.05) is 26.4 Å². The summed E-state index contributed by atoms with van der Waals surface area (Å²) in [5, 5.41) is 3.68. The van der Waals surface area contributed by atoms with Crippen molar-refractivity contribution >= 4 is 40.7 Å². The molecule has 0 aliphatic carbocycles. The number of hydrogen-bond donors (Lipinski definition) is 1. The maximum atomic E-state index is 11.5. The van der Waals surface area contributed by atoms with Gasteiger partial charge in [-0.2, -0.15) is 0 Å².